The van der Waals surface area contributed by atoms with E-state index in [9.17, 15) is 4.79 Å². The first-order valence-electron chi connectivity index (χ1n) is 7.12. The molecule has 1 saturated carbocycles. The highest BCUT2D eigenvalue weighted by molar-refractivity contribution is 5.96. The van der Waals surface area contributed by atoms with Crippen LogP contribution >= 0.6 is 0 Å². The van der Waals surface area contributed by atoms with Crippen molar-refractivity contribution in [3.63, 3.8) is 0 Å². The zero-order chi connectivity index (χ0) is 14.7. The molecule has 3 N–H and O–H groups in total. The normalized spacial score (nSPS) is 16.8. The van der Waals surface area contributed by atoms with Gasteiger partial charge in [-0.15, -0.1) is 10.2 Å². The van der Waals surface area contributed by atoms with Crippen LogP contribution in [-0.2, 0) is 4.79 Å². The molecule has 2 aromatic rings. The van der Waals surface area contributed by atoms with Crippen LogP contribution in [0, 0.1) is 5.41 Å². The molecule has 6 nitrogen and oxygen atoms in total. The number of aromatic nitrogens is 2. The molecule has 1 fully saturated rings. The molecule has 0 saturated heterocycles. The number of hydrogen-bond acceptors (Lipinski definition) is 5. The van der Waals surface area contributed by atoms with Crippen molar-refractivity contribution in [2.45, 2.75) is 25.7 Å². The smallest absolute Gasteiger partial charge is 0.247 e. The number of nitrogens with two attached hydrogens (primary N) is 1. The summed E-state index contributed by atoms with van der Waals surface area (Å²) in [5.74, 6) is 0.436. The number of nitrogens with one attached hydrogen (secondary N) is 1. The topological polar surface area (TPSA) is 94.0 Å². The third-order valence-corrected chi connectivity index (χ3v) is 4.16. The van der Waals surface area contributed by atoms with Crippen molar-refractivity contribution in [3.8, 4) is 11.5 Å². The zero-order valence-corrected chi connectivity index (χ0v) is 11.7. The minimum atomic E-state index is -0.416. The average molecular weight is 286 g/mol. The molecular weight excluding hydrogens is 268 g/mol. The van der Waals surface area contributed by atoms with Crippen molar-refractivity contribution >= 4 is 11.6 Å². The second-order valence-corrected chi connectivity index (χ2v) is 5.47. The van der Waals surface area contributed by atoms with Crippen LogP contribution in [-0.4, -0.2) is 22.6 Å². The summed E-state index contributed by atoms with van der Waals surface area (Å²) < 4.78 is 5.17. The molecular formula is C15H18N4O2. The van der Waals surface area contributed by atoms with Crippen LogP contribution in [0.5, 0.6) is 0 Å². The van der Waals surface area contributed by atoms with Crippen molar-refractivity contribution < 1.29 is 9.21 Å². The third-order valence-electron chi connectivity index (χ3n) is 4.16. The summed E-state index contributed by atoms with van der Waals surface area (Å²) in [5, 5.41) is 10.5. The number of nitrogens with zero attached hydrogens (tertiary/aromatic N) is 2. The second-order valence-electron chi connectivity index (χ2n) is 5.47. The molecule has 6 heteroatoms. The number of carbonyl (C=O) groups excluding carboxylic acids is 1. The lowest BCUT2D eigenvalue weighted by molar-refractivity contribution is -0.124. The molecule has 3 rings (SSSR count). The third kappa shape index (κ3) is 2.67. The first-order chi connectivity index (χ1) is 10.2. The van der Waals surface area contributed by atoms with Gasteiger partial charge in [-0.25, -0.2) is 0 Å². The van der Waals surface area contributed by atoms with Crippen LogP contribution in [0.2, 0.25) is 0 Å². The number of rotatable bonds is 4. The minimum absolute atomic E-state index is 0.00480. The second kappa shape index (κ2) is 5.65. The van der Waals surface area contributed by atoms with E-state index in [0.717, 1.165) is 36.9 Å². The highest BCUT2D eigenvalue weighted by atomic mass is 16.4. The van der Waals surface area contributed by atoms with Crippen molar-refractivity contribution in [1.29, 1.82) is 0 Å². The molecule has 1 heterocycles. The number of benzene rings is 1. The average Bonchev–Trinajstić information content (AvgIpc) is 3.20. The summed E-state index contributed by atoms with van der Waals surface area (Å²) in [6, 6.07) is 7.37. The molecule has 0 atom stereocenters. The Labute approximate surface area is 122 Å². The van der Waals surface area contributed by atoms with E-state index < -0.39 is 5.41 Å². The maximum absolute atomic E-state index is 12.5. The van der Waals surface area contributed by atoms with Crippen LogP contribution in [0.3, 0.4) is 0 Å². The summed E-state index contributed by atoms with van der Waals surface area (Å²) >= 11 is 0. The number of hydrogen-bond donors (Lipinski definition) is 2. The van der Waals surface area contributed by atoms with Gasteiger partial charge in [0.25, 0.3) is 0 Å². The van der Waals surface area contributed by atoms with E-state index in [-0.39, 0.29) is 5.91 Å². The quantitative estimate of drug-likeness (QED) is 0.898. The first-order valence-corrected chi connectivity index (χ1v) is 7.12. The van der Waals surface area contributed by atoms with Gasteiger partial charge in [0.1, 0.15) is 0 Å². The van der Waals surface area contributed by atoms with Gasteiger partial charge in [-0.1, -0.05) is 18.9 Å². The fourth-order valence-electron chi connectivity index (χ4n) is 2.87. The van der Waals surface area contributed by atoms with Crippen molar-refractivity contribution in [2.24, 2.45) is 11.1 Å². The molecule has 1 amide bonds. The van der Waals surface area contributed by atoms with Gasteiger partial charge in [0.05, 0.1) is 5.41 Å². The maximum Gasteiger partial charge on any atom is 0.247 e. The summed E-state index contributed by atoms with van der Waals surface area (Å²) in [6.07, 6.45) is 5.12. The van der Waals surface area contributed by atoms with Gasteiger partial charge in [0, 0.05) is 17.8 Å². The summed E-state index contributed by atoms with van der Waals surface area (Å²) in [4.78, 5) is 12.5. The summed E-state index contributed by atoms with van der Waals surface area (Å²) in [5.41, 5.74) is 6.91. The monoisotopic (exact) mass is 286 g/mol. The number of amides is 1. The summed E-state index contributed by atoms with van der Waals surface area (Å²) in [7, 11) is 0. The lowest BCUT2D eigenvalue weighted by Gasteiger charge is -2.25. The number of anilines is 1. The van der Waals surface area contributed by atoms with Crippen LogP contribution in [0.4, 0.5) is 5.69 Å². The number of carbonyl (C=O) groups is 1. The van der Waals surface area contributed by atoms with Crippen molar-refractivity contribution in [1.82, 2.24) is 10.2 Å². The zero-order valence-electron chi connectivity index (χ0n) is 11.7. The lowest BCUT2D eigenvalue weighted by Crippen LogP contribution is -2.40. The maximum atomic E-state index is 12.5. The van der Waals surface area contributed by atoms with Gasteiger partial charge in [0.15, 0.2) is 0 Å². The van der Waals surface area contributed by atoms with E-state index in [1.165, 1.54) is 6.39 Å². The van der Waals surface area contributed by atoms with Crippen LogP contribution in [0.15, 0.2) is 35.1 Å². The molecule has 0 bridgehead atoms. The summed E-state index contributed by atoms with van der Waals surface area (Å²) in [6.45, 7) is 0.391. The Morgan fingerprint density at radius 3 is 2.86 bits per heavy atom. The van der Waals surface area contributed by atoms with E-state index >= 15 is 0 Å². The van der Waals surface area contributed by atoms with Crippen LogP contribution in [0.1, 0.15) is 25.7 Å². The molecule has 21 heavy (non-hydrogen) atoms. The molecule has 0 aliphatic heterocycles. The Hall–Kier alpha value is -2.21. The highest BCUT2D eigenvalue weighted by Crippen LogP contribution is 2.38. The fourth-order valence-corrected chi connectivity index (χ4v) is 2.87. The SMILES string of the molecule is NCC1(C(=O)Nc2cccc(-c3nnco3)c2)CCCC1. The molecule has 0 unspecified atom stereocenters. The van der Waals surface area contributed by atoms with Gasteiger partial charge < -0.3 is 15.5 Å². The predicted octanol–water partition coefficient (Wildman–Crippen LogP) is 2.19. The fraction of sp³-hybridized carbons (Fsp3) is 0.400. The minimum Gasteiger partial charge on any atom is -0.423 e. The van der Waals surface area contributed by atoms with Gasteiger partial charge in [-0.3, -0.25) is 4.79 Å². The Kier molecular flexibility index (Phi) is 3.70. The van der Waals surface area contributed by atoms with E-state index in [1.54, 1.807) is 0 Å². The van der Waals surface area contributed by atoms with E-state index in [0.29, 0.717) is 12.4 Å². The molecule has 1 aromatic heterocycles. The Morgan fingerprint density at radius 1 is 1.38 bits per heavy atom. The lowest BCUT2D eigenvalue weighted by atomic mass is 9.85. The van der Waals surface area contributed by atoms with E-state index in [1.807, 2.05) is 24.3 Å². The van der Waals surface area contributed by atoms with E-state index in [2.05, 4.69) is 15.5 Å². The molecule has 110 valence electrons. The van der Waals surface area contributed by atoms with Gasteiger partial charge in [-0.05, 0) is 31.0 Å². The van der Waals surface area contributed by atoms with Crippen molar-refractivity contribution in [2.75, 3.05) is 11.9 Å². The standard InChI is InChI=1S/C15H18N4O2/c16-9-15(6-1-2-7-15)14(20)18-12-5-3-4-11(8-12)13-19-17-10-21-13/h3-5,8,10H,1-2,6-7,9,16H2,(H,18,20). The van der Waals surface area contributed by atoms with Crippen LogP contribution in [0.25, 0.3) is 11.5 Å². The molecule has 1 aliphatic carbocycles. The van der Waals surface area contributed by atoms with Crippen molar-refractivity contribution in [3.05, 3.63) is 30.7 Å². The highest BCUT2D eigenvalue weighted by Gasteiger charge is 2.39. The molecule has 1 aliphatic rings. The van der Waals surface area contributed by atoms with Gasteiger partial charge in [0.2, 0.25) is 18.2 Å². The van der Waals surface area contributed by atoms with Gasteiger partial charge in [-0.2, -0.15) is 0 Å². The Balaban J connectivity index is 1.79. The predicted molar refractivity (Wildman–Crippen MR) is 78.3 cm³/mol. The van der Waals surface area contributed by atoms with Gasteiger partial charge >= 0.3 is 0 Å². The largest absolute Gasteiger partial charge is 0.423 e. The van der Waals surface area contributed by atoms with E-state index in [4.69, 9.17) is 10.2 Å². The molecule has 0 spiro atoms. The Bertz CT molecular complexity index is 618. The Morgan fingerprint density at radius 2 is 2.19 bits per heavy atom. The molecule has 0 radical (unpaired) electrons. The molecule has 1 aromatic carbocycles. The van der Waals surface area contributed by atoms with Crippen LogP contribution < -0.4 is 11.1 Å². The first kappa shape index (κ1) is 13.8.